The highest BCUT2D eigenvalue weighted by atomic mass is 19.1. The minimum atomic E-state index is -0.520. The molecule has 1 aliphatic rings. The number of amides is 1. The minimum Gasteiger partial charge on any atom is -0.399 e. The van der Waals surface area contributed by atoms with E-state index >= 15 is 0 Å². The number of nitrogens with one attached hydrogen (secondary N) is 1. The Kier molecular flexibility index (Phi) is 4.40. The SMILES string of the molecule is CC1CCCC(NC(=O)c2cc(N)ccc2F)CC1. The van der Waals surface area contributed by atoms with Crippen LogP contribution in [0.25, 0.3) is 0 Å². The zero-order valence-corrected chi connectivity index (χ0v) is 11.3. The van der Waals surface area contributed by atoms with Gasteiger partial charge in [0.25, 0.3) is 5.91 Å². The molecule has 1 saturated carbocycles. The Bertz CT molecular complexity index is 461. The van der Waals surface area contributed by atoms with Crippen molar-refractivity contribution in [3.63, 3.8) is 0 Å². The fourth-order valence-corrected chi connectivity index (χ4v) is 2.61. The lowest BCUT2D eigenvalue weighted by molar-refractivity contribution is 0.0929. The molecule has 19 heavy (non-hydrogen) atoms. The molecule has 0 radical (unpaired) electrons. The van der Waals surface area contributed by atoms with Gasteiger partial charge in [-0.3, -0.25) is 4.79 Å². The Labute approximate surface area is 113 Å². The third-order valence-electron chi connectivity index (χ3n) is 3.83. The maximum absolute atomic E-state index is 13.6. The van der Waals surface area contributed by atoms with Crippen LogP contribution in [0.4, 0.5) is 10.1 Å². The molecule has 2 unspecified atom stereocenters. The number of carbonyl (C=O) groups excluding carboxylic acids is 1. The molecule has 1 fully saturated rings. The summed E-state index contributed by atoms with van der Waals surface area (Å²) in [5.41, 5.74) is 6.04. The summed E-state index contributed by atoms with van der Waals surface area (Å²) in [7, 11) is 0. The van der Waals surface area contributed by atoms with E-state index in [-0.39, 0.29) is 17.5 Å². The largest absolute Gasteiger partial charge is 0.399 e. The van der Waals surface area contributed by atoms with Crippen molar-refractivity contribution in [2.24, 2.45) is 5.92 Å². The monoisotopic (exact) mass is 264 g/mol. The fraction of sp³-hybridized carbons (Fsp3) is 0.533. The van der Waals surface area contributed by atoms with Gasteiger partial charge >= 0.3 is 0 Å². The highest BCUT2D eigenvalue weighted by Gasteiger charge is 2.20. The summed E-state index contributed by atoms with van der Waals surface area (Å²) < 4.78 is 13.6. The van der Waals surface area contributed by atoms with Gasteiger partial charge in [-0.15, -0.1) is 0 Å². The Morgan fingerprint density at radius 2 is 2.11 bits per heavy atom. The summed E-state index contributed by atoms with van der Waals surface area (Å²) in [5, 5.41) is 2.93. The molecule has 0 saturated heterocycles. The summed E-state index contributed by atoms with van der Waals surface area (Å²) in [6, 6.07) is 4.24. The number of nitrogen functional groups attached to an aromatic ring is 1. The Morgan fingerprint density at radius 1 is 1.32 bits per heavy atom. The molecule has 1 aromatic carbocycles. The fourth-order valence-electron chi connectivity index (χ4n) is 2.61. The van der Waals surface area contributed by atoms with Crippen LogP contribution in [-0.4, -0.2) is 11.9 Å². The van der Waals surface area contributed by atoms with Crippen LogP contribution in [0.3, 0.4) is 0 Å². The standard InChI is InChI=1S/C15H21FN2O/c1-10-3-2-4-12(7-5-10)18-15(19)13-9-11(17)6-8-14(13)16/h6,8-10,12H,2-5,7,17H2,1H3,(H,18,19). The third-order valence-corrected chi connectivity index (χ3v) is 3.83. The molecule has 3 N–H and O–H groups in total. The number of halogens is 1. The van der Waals surface area contributed by atoms with Gasteiger partial charge in [-0.2, -0.15) is 0 Å². The predicted molar refractivity (Wildman–Crippen MR) is 74.3 cm³/mol. The van der Waals surface area contributed by atoms with Crippen molar-refractivity contribution in [1.29, 1.82) is 0 Å². The maximum atomic E-state index is 13.6. The van der Waals surface area contributed by atoms with E-state index < -0.39 is 5.82 Å². The van der Waals surface area contributed by atoms with E-state index in [9.17, 15) is 9.18 Å². The van der Waals surface area contributed by atoms with E-state index in [1.54, 1.807) is 0 Å². The van der Waals surface area contributed by atoms with E-state index in [1.165, 1.54) is 24.6 Å². The number of hydrogen-bond donors (Lipinski definition) is 2. The average molecular weight is 264 g/mol. The number of nitrogens with two attached hydrogens (primary N) is 1. The highest BCUT2D eigenvalue weighted by molar-refractivity contribution is 5.95. The van der Waals surface area contributed by atoms with Crippen molar-refractivity contribution in [2.75, 3.05) is 5.73 Å². The van der Waals surface area contributed by atoms with Gasteiger partial charge in [0.1, 0.15) is 5.82 Å². The second-order valence-electron chi connectivity index (χ2n) is 5.52. The summed E-state index contributed by atoms with van der Waals surface area (Å²) in [6.07, 6.45) is 5.38. The molecule has 0 aliphatic heterocycles. The van der Waals surface area contributed by atoms with Crippen molar-refractivity contribution >= 4 is 11.6 Å². The number of rotatable bonds is 2. The van der Waals surface area contributed by atoms with Crippen LogP contribution in [0.15, 0.2) is 18.2 Å². The zero-order chi connectivity index (χ0) is 13.8. The molecule has 0 bridgehead atoms. The summed E-state index contributed by atoms with van der Waals surface area (Å²) in [5.74, 6) is -0.163. The molecule has 0 spiro atoms. The van der Waals surface area contributed by atoms with Gasteiger partial charge in [-0.1, -0.05) is 19.8 Å². The predicted octanol–water partition coefficient (Wildman–Crippen LogP) is 3.11. The van der Waals surface area contributed by atoms with Crippen molar-refractivity contribution in [3.8, 4) is 0 Å². The normalized spacial score (nSPS) is 23.7. The molecule has 3 nitrogen and oxygen atoms in total. The zero-order valence-electron chi connectivity index (χ0n) is 11.3. The topological polar surface area (TPSA) is 55.1 Å². The van der Waals surface area contributed by atoms with Gasteiger partial charge in [0.15, 0.2) is 0 Å². The van der Waals surface area contributed by atoms with Gasteiger partial charge < -0.3 is 11.1 Å². The van der Waals surface area contributed by atoms with Crippen molar-refractivity contribution in [3.05, 3.63) is 29.6 Å². The van der Waals surface area contributed by atoms with Gasteiger partial charge in [-0.05, 0) is 43.4 Å². The van der Waals surface area contributed by atoms with Crippen LogP contribution < -0.4 is 11.1 Å². The quantitative estimate of drug-likeness (QED) is 0.637. The van der Waals surface area contributed by atoms with Crippen LogP contribution in [-0.2, 0) is 0 Å². The van der Waals surface area contributed by atoms with Crippen LogP contribution in [0.1, 0.15) is 49.4 Å². The molecule has 1 aliphatic carbocycles. The Hall–Kier alpha value is -1.58. The lowest BCUT2D eigenvalue weighted by Crippen LogP contribution is -2.35. The highest BCUT2D eigenvalue weighted by Crippen LogP contribution is 2.23. The number of anilines is 1. The third kappa shape index (κ3) is 3.69. The number of benzene rings is 1. The van der Waals surface area contributed by atoms with E-state index in [4.69, 9.17) is 5.73 Å². The Balaban J connectivity index is 2.02. The van der Waals surface area contributed by atoms with Crippen molar-refractivity contribution < 1.29 is 9.18 Å². The lowest BCUT2D eigenvalue weighted by atomic mass is 10.0. The van der Waals surface area contributed by atoms with Gasteiger partial charge in [0.2, 0.25) is 0 Å². The van der Waals surface area contributed by atoms with Gasteiger partial charge in [-0.25, -0.2) is 4.39 Å². The number of hydrogen-bond acceptors (Lipinski definition) is 2. The molecule has 1 amide bonds. The maximum Gasteiger partial charge on any atom is 0.254 e. The average Bonchev–Trinajstić information content (AvgIpc) is 2.57. The summed E-state index contributed by atoms with van der Waals surface area (Å²) >= 11 is 0. The lowest BCUT2D eigenvalue weighted by Gasteiger charge is -2.16. The van der Waals surface area contributed by atoms with Crippen LogP contribution in [0.5, 0.6) is 0 Å². The summed E-state index contributed by atoms with van der Waals surface area (Å²) in [4.78, 5) is 12.1. The van der Waals surface area contributed by atoms with Gasteiger partial charge in [0.05, 0.1) is 5.56 Å². The van der Waals surface area contributed by atoms with E-state index in [0.29, 0.717) is 11.6 Å². The van der Waals surface area contributed by atoms with Crippen LogP contribution >= 0.6 is 0 Å². The first kappa shape index (κ1) is 13.8. The number of carbonyl (C=O) groups is 1. The second kappa shape index (κ2) is 6.04. The molecule has 0 aromatic heterocycles. The molecule has 1 aromatic rings. The van der Waals surface area contributed by atoms with E-state index in [2.05, 4.69) is 12.2 Å². The van der Waals surface area contributed by atoms with Crippen molar-refractivity contribution in [1.82, 2.24) is 5.32 Å². The molecular formula is C15H21FN2O. The molecule has 2 rings (SSSR count). The van der Waals surface area contributed by atoms with E-state index in [0.717, 1.165) is 25.7 Å². The van der Waals surface area contributed by atoms with E-state index in [1.807, 2.05) is 0 Å². The molecular weight excluding hydrogens is 243 g/mol. The molecule has 4 heteroatoms. The molecule has 2 atom stereocenters. The second-order valence-corrected chi connectivity index (χ2v) is 5.52. The first-order chi connectivity index (χ1) is 9.06. The Morgan fingerprint density at radius 3 is 2.89 bits per heavy atom. The molecule has 104 valence electrons. The first-order valence-corrected chi connectivity index (χ1v) is 6.92. The van der Waals surface area contributed by atoms with Crippen LogP contribution in [0.2, 0.25) is 0 Å². The van der Waals surface area contributed by atoms with Gasteiger partial charge in [0, 0.05) is 11.7 Å². The van der Waals surface area contributed by atoms with Crippen LogP contribution in [0, 0.1) is 11.7 Å². The smallest absolute Gasteiger partial charge is 0.254 e. The molecule has 0 heterocycles. The first-order valence-electron chi connectivity index (χ1n) is 6.92. The summed E-state index contributed by atoms with van der Waals surface area (Å²) in [6.45, 7) is 2.24. The minimum absolute atomic E-state index is 0.0392. The van der Waals surface area contributed by atoms with Crippen molar-refractivity contribution in [2.45, 2.75) is 45.1 Å².